The van der Waals surface area contributed by atoms with E-state index in [0.717, 1.165) is 69.0 Å². The van der Waals surface area contributed by atoms with Crippen LogP contribution in [-0.2, 0) is 49.7 Å². The maximum Gasteiger partial charge on any atom is 0.256 e. The fourth-order valence-electron chi connectivity index (χ4n) is 5.66. The van der Waals surface area contributed by atoms with Crippen molar-refractivity contribution in [1.82, 2.24) is 7.42 Å². The molecule has 21 heteroatoms. The first-order valence-corrected chi connectivity index (χ1v) is 22.4. The summed E-state index contributed by atoms with van der Waals surface area (Å²) in [6.45, 7) is 2.67. The molecule has 2 aliphatic rings. The molecule has 2 aliphatic heterocycles. The zero-order chi connectivity index (χ0) is 41.4. The van der Waals surface area contributed by atoms with Crippen LogP contribution in [0.25, 0.3) is 0 Å². The van der Waals surface area contributed by atoms with Gasteiger partial charge in [-0.15, -0.1) is 0 Å². The van der Waals surface area contributed by atoms with Gasteiger partial charge in [0, 0.05) is 50.9 Å². The van der Waals surface area contributed by atoms with Crippen LogP contribution in [0.5, 0.6) is 0 Å². The summed E-state index contributed by atoms with van der Waals surface area (Å²) in [4.78, 5) is 25.6. The molecule has 2 amide bonds. The van der Waals surface area contributed by atoms with E-state index in [0.29, 0.717) is 24.5 Å². The lowest BCUT2D eigenvalue weighted by Crippen LogP contribution is -2.33. The van der Waals surface area contributed by atoms with Gasteiger partial charge >= 0.3 is 0 Å². The van der Waals surface area contributed by atoms with E-state index in [1.165, 1.54) is 53.4 Å². The first kappa shape index (κ1) is 42.5. The predicted octanol–water partition coefficient (Wildman–Crippen LogP) is 3.14. The van der Waals surface area contributed by atoms with Crippen molar-refractivity contribution in [3.63, 3.8) is 0 Å². The Hall–Kier alpha value is -4.64. The van der Waals surface area contributed by atoms with Gasteiger partial charge in [-0.1, -0.05) is 14.3 Å². The molecule has 6 rings (SSSR count). The number of aliphatic hydroxyl groups is 1. The van der Waals surface area contributed by atoms with Crippen molar-refractivity contribution < 1.29 is 57.1 Å². The van der Waals surface area contributed by atoms with E-state index >= 15 is 0 Å². The summed E-state index contributed by atoms with van der Waals surface area (Å²) < 4.78 is 128. The average molecular weight is 855 g/mol. The highest BCUT2D eigenvalue weighted by Crippen LogP contribution is 2.29. The molecule has 4 aromatic carbocycles. The minimum atomic E-state index is -4.42. The van der Waals surface area contributed by atoms with Gasteiger partial charge < -0.3 is 14.9 Å². The summed E-state index contributed by atoms with van der Waals surface area (Å²) in [6.07, 6.45) is -0.0925. The Morgan fingerprint density at radius 1 is 0.518 bits per heavy atom. The number of nitrogens with zero attached hydrogens (tertiary/aromatic N) is 4. The van der Waals surface area contributed by atoms with Crippen molar-refractivity contribution in [2.24, 2.45) is 5.92 Å². The van der Waals surface area contributed by atoms with Gasteiger partial charge in [0.2, 0.25) is 5.91 Å². The van der Waals surface area contributed by atoms with Crippen LogP contribution in [0.3, 0.4) is 0 Å². The Morgan fingerprint density at radius 3 is 1.07 bits per heavy atom. The molecule has 0 aromatic heterocycles. The number of halogens is 2. The predicted molar refractivity (Wildman–Crippen MR) is 199 cm³/mol. The number of rotatable bonds is 10. The van der Waals surface area contributed by atoms with Crippen LogP contribution in [0, 0.1) is 17.6 Å². The van der Waals surface area contributed by atoms with Gasteiger partial charge in [0.25, 0.3) is 46.0 Å². The van der Waals surface area contributed by atoms with Gasteiger partial charge in [-0.05, 0) is 103 Å². The average Bonchev–Trinajstić information content (AvgIpc) is 3.69. The van der Waals surface area contributed by atoms with Gasteiger partial charge in [-0.25, -0.2) is 42.5 Å². The smallest absolute Gasteiger partial charge is 0.256 e. The second-order valence-corrected chi connectivity index (χ2v) is 21.0. The van der Waals surface area contributed by atoms with Gasteiger partial charge in [0.05, 0.1) is 19.6 Å². The molecule has 2 saturated heterocycles. The first-order valence-electron chi connectivity index (χ1n) is 16.6. The highest BCUT2D eigenvalue weighted by atomic mass is 32.3. The van der Waals surface area contributed by atoms with Gasteiger partial charge in [-0.2, -0.15) is 0 Å². The van der Waals surface area contributed by atoms with Gasteiger partial charge in [0.15, 0.2) is 0 Å². The zero-order valence-electron chi connectivity index (χ0n) is 29.9. The highest BCUT2D eigenvalue weighted by Gasteiger charge is 2.36. The van der Waals surface area contributed by atoms with Crippen molar-refractivity contribution in [3.05, 3.63) is 109 Å². The summed E-state index contributed by atoms with van der Waals surface area (Å²) in [5.74, 6) is -1.89. The van der Waals surface area contributed by atoms with Crippen LogP contribution in [-0.4, -0.2) is 91.3 Å². The van der Waals surface area contributed by atoms with E-state index in [9.17, 15) is 57.1 Å². The molecule has 0 radical (unpaired) electrons. The summed E-state index contributed by atoms with van der Waals surface area (Å²) in [5.41, 5.74) is 0.946. The Bertz CT molecular complexity index is 2380. The lowest BCUT2D eigenvalue weighted by atomic mass is 10.1. The maximum absolute atomic E-state index is 13.0. The van der Waals surface area contributed by atoms with Crippen molar-refractivity contribution in [1.29, 1.82) is 0 Å². The number of anilines is 2. The Morgan fingerprint density at radius 2 is 0.804 bits per heavy atom. The van der Waals surface area contributed by atoms with Crippen molar-refractivity contribution in [2.45, 2.75) is 45.5 Å². The van der Waals surface area contributed by atoms with Crippen molar-refractivity contribution >= 4 is 63.3 Å². The Kier molecular flexibility index (Phi) is 12.2. The fourth-order valence-corrected chi connectivity index (χ4v) is 11.9. The van der Waals surface area contributed by atoms with E-state index < -0.39 is 63.7 Å². The summed E-state index contributed by atoms with van der Waals surface area (Å²) >= 11 is 0. The van der Waals surface area contributed by atoms with E-state index in [1.54, 1.807) is 4.90 Å². The first-order chi connectivity index (χ1) is 26.1. The largest absolute Gasteiger partial charge is 0.383 e. The van der Waals surface area contributed by atoms with Crippen LogP contribution in [0.4, 0.5) is 20.2 Å². The molecule has 0 saturated carbocycles. The molecule has 1 N–H and O–H groups in total. The molecule has 0 spiro atoms. The third-order valence-electron chi connectivity index (χ3n) is 9.12. The quantitative estimate of drug-likeness (QED) is 0.246. The van der Waals surface area contributed by atoms with Crippen molar-refractivity contribution in [3.8, 4) is 0 Å². The zero-order valence-corrected chi connectivity index (χ0v) is 33.2. The molecule has 0 bridgehead atoms. The fraction of sp³-hybridized carbons (Fsp3) is 0.257. The van der Waals surface area contributed by atoms with Gasteiger partial charge in [-0.3, -0.25) is 9.59 Å². The van der Waals surface area contributed by atoms with E-state index in [2.05, 4.69) is 0 Å². The summed E-state index contributed by atoms with van der Waals surface area (Å²) in [7, 11) is -15.8. The van der Waals surface area contributed by atoms with E-state index in [4.69, 9.17) is 0 Å². The molecule has 2 fully saturated rings. The third-order valence-corrected chi connectivity index (χ3v) is 17.7. The maximum atomic E-state index is 13.0. The van der Waals surface area contributed by atoms with E-state index in [1.807, 2.05) is 6.92 Å². The molecule has 2 heterocycles. The molecule has 56 heavy (non-hydrogen) atoms. The van der Waals surface area contributed by atoms with Crippen LogP contribution in [0.15, 0.2) is 117 Å². The standard InChI is InChI=1S/C18H19FN2O5S2.C17H17FN2O6S2/c1-13-11-12-21(18(13)22)15-5-9-17(10-6-15)28(25,26)20(2)27(23,24)16-7-3-14(19)4-8-16;1-19(27(23,24)14-6-2-12(18)3-7-14)28(25,26)15-8-4-13(5-9-15)20-11-10-16(21)17(20)22/h3-10,13H,11-12H2,1-2H3;2-9,16,21H,10-11H2,1H3/t;16-/m.1/s1. The number of hydrogen-bond donors (Lipinski definition) is 1. The number of benzene rings is 4. The summed E-state index contributed by atoms with van der Waals surface area (Å²) in [5, 5.41) is 9.52. The lowest BCUT2D eigenvalue weighted by Gasteiger charge is -2.19. The van der Waals surface area contributed by atoms with Gasteiger partial charge in [0.1, 0.15) is 17.7 Å². The number of amides is 2. The number of hydrogen-bond acceptors (Lipinski definition) is 11. The normalized spacial score (nSPS) is 18.1. The molecule has 300 valence electrons. The minimum absolute atomic E-state index is 0.0355. The Balaban J connectivity index is 0.000000214. The highest BCUT2D eigenvalue weighted by molar-refractivity contribution is 8.04. The minimum Gasteiger partial charge on any atom is -0.383 e. The number of aliphatic hydroxyl groups excluding tert-OH is 1. The van der Waals surface area contributed by atoms with Crippen LogP contribution in [0.1, 0.15) is 19.8 Å². The SMILES string of the molecule is CC1CCN(c2ccc(S(=O)(=O)N(C)S(=O)(=O)c3ccc(F)cc3)cc2)C1=O.CN(S(=O)(=O)c1ccc(F)cc1)S(=O)(=O)c1ccc(N2CC[C@@H](O)C2=O)cc1. The second-order valence-electron chi connectivity index (χ2n) is 12.6. The molecule has 15 nitrogen and oxygen atoms in total. The third kappa shape index (κ3) is 8.38. The molecule has 0 aliphatic carbocycles. The Labute approximate surface area is 323 Å². The number of carbonyl (C=O) groups is 2. The molecule has 4 aromatic rings. The van der Waals surface area contributed by atoms with Crippen LogP contribution >= 0.6 is 0 Å². The summed E-state index contributed by atoms with van der Waals surface area (Å²) in [6, 6.07) is 18.2. The molecular weight excluding hydrogens is 819 g/mol. The van der Waals surface area contributed by atoms with Crippen LogP contribution in [0.2, 0.25) is 0 Å². The topological polar surface area (TPSA) is 204 Å². The van der Waals surface area contributed by atoms with Crippen LogP contribution < -0.4 is 9.80 Å². The molecular formula is C35H36F2N4O11S4. The van der Waals surface area contributed by atoms with E-state index in [-0.39, 0.29) is 45.2 Å². The molecule has 1 unspecified atom stereocenters. The lowest BCUT2D eigenvalue weighted by molar-refractivity contribution is -0.124. The molecule has 2 atom stereocenters. The monoisotopic (exact) mass is 854 g/mol. The number of carbonyl (C=O) groups excluding carboxylic acids is 2. The number of sulfonamides is 4. The van der Waals surface area contributed by atoms with Crippen molar-refractivity contribution in [2.75, 3.05) is 37.0 Å². The second kappa shape index (κ2) is 16.1.